The number of rotatable bonds is 7. The molecule has 0 aliphatic rings. The molecule has 0 aliphatic heterocycles. The molecule has 0 atom stereocenters. The van der Waals surface area contributed by atoms with Gasteiger partial charge in [-0.15, -0.1) is 0 Å². The minimum atomic E-state index is -0.901. The van der Waals surface area contributed by atoms with E-state index in [0.29, 0.717) is 18.5 Å². The Balaban J connectivity index is 2.89. The third-order valence-corrected chi connectivity index (χ3v) is 4.43. The molecule has 0 saturated heterocycles. The minimum absolute atomic E-state index is 0.134. The number of hydrogen-bond acceptors (Lipinski definition) is 2. The van der Waals surface area contributed by atoms with Crippen molar-refractivity contribution >= 4 is 27.8 Å². The maximum atomic E-state index is 12.3. The van der Waals surface area contributed by atoms with Gasteiger partial charge in [-0.1, -0.05) is 13.8 Å². The van der Waals surface area contributed by atoms with Gasteiger partial charge in [-0.2, -0.15) is 0 Å². The quantitative estimate of drug-likeness (QED) is 0.783. The number of aliphatic carboxylic acids is 1. The summed E-state index contributed by atoms with van der Waals surface area (Å²) in [4.78, 5) is 23.8. The molecule has 1 rings (SSSR count). The second-order valence-electron chi connectivity index (χ2n) is 5.52. The minimum Gasteiger partial charge on any atom is -0.481 e. The van der Waals surface area contributed by atoms with Gasteiger partial charge < -0.3 is 15.0 Å². The molecule has 0 fully saturated rings. The zero-order valence-corrected chi connectivity index (χ0v) is 14.5. The Kier molecular flexibility index (Phi) is 6.01. The molecule has 0 aliphatic carbocycles. The zero-order chi connectivity index (χ0) is 16.2. The number of amides is 1. The first-order valence-electron chi connectivity index (χ1n) is 7.16. The SMILES string of the molecule is CCC(CC)(CNC(=O)c1cc(Br)cn1C(C)C)C(=O)O. The lowest BCUT2D eigenvalue weighted by molar-refractivity contribution is -0.149. The molecular weight excluding hydrogens is 336 g/mol. The number of hydrogen-bond donors (Lipinski definition) is 2. The highest BCUT2D eigenvalue weighted by atomic mass is 79.9. The number of nitrogens with zero attached hydrogens (tertiary/aromatic N) is 1. The lowest BCUT2D eigenvalue weighted by Gasteiger charge is -2.27. The summed E-state index contributed by atoms with van der Waals surface area (Å²) in [6.07, 6.45) is 2.81. The molecule has 0 saturated carbocycles. The van der Waals surface area contributed by atoms with Gasteiger partial charge in [0.1, 0.15) is 5.69 Å². The number of carboxylic acid groups (broad SMARTS) is 1. The Bertz CT molecular complexity index is 519. The van der Waals surface area contributed by atoms with Crippen molar-refractivity contribution in [3.8, 4) is 0 Å². The highest BCUT2D eigenvalue weighted by Gasteiger charge is 2.35. The van der Waals surface area contributed by atoms with E-state index in [4.69, 9.17) is 0 Å². The summed E-state index contributed by atoms with van der Waals surface area (Å²) in [5.41, 5.74) is -0.370. The summed E-state index contributed by atoms with van der Waals surface area (Å²) in [6, 6.07) is 1.90. The van der Waals surface area contributed by atoms with E-state index in [1.807, 2.05) is 38.5 Å². The smallest absolute Gasteiger partial charge is 0.311 e. The topological polar surface area (TPSA) is 71.3 Å². The number of carbonyl (C=O) groups excluding carboxylic acids is 1. The third kappa shape index (κ3) is 3.87. The fourth-order valence-corrected chi connectivity index (χ4v) is 2.71. The Morgan fingerprint density at radius 3 is 2.38 bits per heavy atom. The van der Waals surface area contributed by atoms with E-state index in [0.717, 1.165) is 4.47 Å². The summed E-state index contributed by atoms with van der Waals surface area (Å²) in [7, 11) is 0. The number of carbonyl (C=O) groups is 2. The van der Waals surface area contributed by atoms with Gasteiger partial charge in [0.2, 0.25) is 0 Å². The van der Waals surface area contributed by atoms with Crippen molar-refractivity contribution in [2.24, 2.45) is 5.41 Å². The lowest BCUT2D eigenvalue weighted by Crippen LogP contribution is -2.42. The van der Waals surface area contributed by atoms with Crippen LogP contribution in [-0.2, 0) is 4.79 Å². The van der Waals surface area contributed by atoms with Gasteiger partial charge in [-0.3, -0.25) is 9.59 Å². The van der Waals surface area contributed by atoms with Crippen LogP contribution in [0.25, 0.3) is 0 Å². The lowest BCUT2D eigenvalue weighted by atomic mass is 9.82. The van der Waals surface area contributed by atoms with Crippen molar-refractivity contribution in [3.63, 3.8) is 0 Å². The van der Waals surface area contributed by atoms with Gasteiger partial charge in [0.15, 0.2) is 0 Å². The van der Waals surface area contributed by atoms with Gasteiger partial charge in [0.25, 0.3) is 5.91 Å². The monoisotopic (exact) mass is 358 g/mol. The highest BCUT2D eigenvalue weighted by Crippen LogP contribution is 2.26. The van der Waals surface area contributed by atoms with Crippen molar-refractivity contribution in [1.82, 2.24) is 9.88 Å². The molecule has 5 nitrogen and oxygen atoms in total. The van der Waals surface area contributed by atoms with Crippen LogP contribution in [0.3, 0.4) is 0 Å². The summed E-state index contributed by atoms with van der Waals surface area (Å²) in [5, 5.41) is 12.2. The maximum absolute atomic E-state index is 12.3. The van der Waals surface area contributed by atoms with E-state index in [-0.39, 0.29) is 18.5 Å². The molecule has 1 heterocycles. The molecule has 0 radical (unpaired) electrons. The second kappa shape index (κ2) is 7.11. The number of aromatic nitrogens is 1. The Hall–Kier alpha value is -1.30. The third-order valence-electron chi connectivity index (χ3n) is 4.00. The Morgan fingerprint density at radius 1 is 1.38 bits per heavy atom. The van der Waals surface area contributed by atoms with Gasteiger partial charge in [-0.05, 0) is 48.7 Å². The second-order valence-corrected chi connectivity index (χ2v) is 6.44. The molecule has 21 heavy (non-hydrogen) atoms. The molecule has 0 bridgehead atoms. The number of nitrogens with one attached hydrogen (secondary N) is 1. The fourth-order valence-electron chi connectivity index (χ4n) is 2.27. The molecule has 2 N–H and O–H groups in total. The summed E-state index contributed by atoms with van der Waals surface area (Å²) in [6.45, 7) is 7.77. The van der Waals surface area contributed by atoms with Crippen LogP contribution in [0.15, 0.2) is 16.7 Å². The number of carboxylic acids is 1. The van der Waals surface area contributed by atoms with Crippen LogP contribution >= 0.6 is 15.9 Å². The van der Waals surface area contributed by atoms with E-state index in [1.54, 1.807) is 6.07 Å². The zero-order valence-electron chi connectivity index (χ0n) is 12.9. The van der Waals surface area contributed by atoms with Crippen LogP contribution in [0.1, 0.15) is 57.1 Å². The van der Waals surface area contributed by atoms with E-state index in [1.165, 1.54) is 0 Å². The maximum Gasteiger partial charge on any atom is 0.311 e. The molecule has 118 valence electrons. The standard InChI is InChI=1S/C15H23BrN2O3/c1-5-15(6-2,14(20)21)9-17-13(19)12-7-11(16)8-18(12)10(3)4/h7-8,10H,5-6,9H2,1-4H3,(H,17,19)(H,20,21). The van der Waals surface area contributed by atoms with E-state index < -0.39 is 11.4 Å². The van der Waals surface area contributed by atoms with Crippen LogP contribution in [0.2, 0.25) is 0 Å². The molecular formula is C15H23BrN2O3. The van der Waals surface area contributed by atoms with Crippen molar-refractivity contribution < 1.29 is 14.7 Å². The first-order valence-corrected chi connectivity index (χ1v) is 7.95. The molecule has 1 amide bonds. The Labute approximate surface area is 133 Å². The van der Waals surface area contributed by atoms with Gasteiger partial charge in [-0.25, -0.2) is 0 Å². The first-order chi connectivity index (χ1) is 9.77. The van der Waals surface area contributed by atoms with Crippen LogP contribution in [0.4, 0.5) is 0 Å². The van der Waals surface area contributed by atoms with Crippen molar-refractivity contribution in [1.29, 1.82) is 0 Å². The molecule has 0 spiro atoms. The van der Waals surface area contributed by atoms with Crippen molar-refractivity contribution in [2.75, 3.05) is 6.54 Å². The van der Waals surface area contributed by atoms with Crippen LogP contribution in [-0.4, -0.2) is 28.1 Å². The van der Waals surface area contributed by atoms with E-state index in [9.17, 15) is 14.7 Å². The van der Waals surface area contributed by atoms with Crippen molar-refractivity contribution in [3.05, 3.63) is 22.4 Å². The van der Waals surface area contributed by atoms with Crippen LogP contribution in [0.5, 0.6) is 0 Å². The van der Waals surface area contributed by atoms with Crippen LogP contribution in [0, 0.1) is 5.41 Å². The predicted molar refractivity (Wildman–Crippen MR) is 85.5 cm³/mol. The molecule has 1 aromatic rings. The fraction of sp³-hybridized carbons (Fsp3) is 0.600. The van der Waals surface area contributed by atoms with Crippen LogP contribution < -0.4 is 5.32 Å². The van der Waals surface area contributed by atoms with Gasteiger partial charge >= 0.3 is 5.97 Å². The highest BCUT2D eigenvalue weighted by molar-refractivity contribution is 9.10. The molecule has 1 aromatic heterocycles. The predicted octanol–water partition coefficient (Wildman–Crippen LogP) is 3.45. The average molecular weight is 359 g/mol. The van der Waals surface area contributed by atoms with E-state index >= 15 is 0 Å². The van der Waals surface area contributed by atoms with Crippen molar-refractivity contribution in [2.45, 2.75) is 46.6 Å². The summed E-state index contributed by atoms with van der Waals surface area (Å²) in [5.74, 6) is -1.12. The van der Waals surface area contributed by atoms with Gasteiger partial charge in [0, 0.05) is 23.3 Å². The molecule has 0 aromatic carbocycles. The summed E-state index contributed by atoms with van der Waals surface area (Å²) < 4.78 is 2.69. The largest absolute Gasteiger partial charge is 0.481 e. The average Bonchev–Trinajstić information content (AvgIpc) is 2.82. The van der Waals surface area contributed by atoms with Gasteiger partial charge in [0.05, 0.1) is 5.41 Å². The molecule has 0 unspecified atom stereocenters. The first kappa shape index (κ1) is 17.8. The normalized spacial score (nSPS) is 11.7. The van der Waals surface area contributed by atoms with E-state index in [2.05, 4.69) is 21.2 Å². The molecule has 6 heteroatoms. The Morgan fingerprint density at radius 2 is 1.95 bits per heavy atom. The number of halogens is 1. The summed E-state index contributed by atoms with van der Waals surface area (Å²) >= 11 is 3.37.